The number of nitrogens with two attached hydrogens (primary N) is 1. The number of fused-ring (bicyclic) bond motifs is 2. The SMILES string of the molecule is Cc1nc(-c2cccnc2)sc1C(=O)N1CCC2(CC1)COc1ccc(CN)cc12. The van der Waals surface area contributed by atoms with Crippen LogP contribution in [0.25, 0.3) is 10.6 Å². The molecular weight excluding hydrogens is 396 g/mol. The van der Waals surface area contributed by atoms with E-state index < -0.39 is 0 Å². The highest BCUT2D eigenvalue weighted by Crippen LogP contribution is 2.46. The summed E-state index contributed by atoms with van der Waals surface area (Å²) < 4.78 is 5.98. The minimum absolute atomic E-state index is 0.0130. The van der Waals surface area contributed by atoms with Crippen LogP contribution in [-0.2, 0) is 12.0 Å². The predicted octanol–water partition coefficient (Wildman–Crippen LogP) is 3.54. The van der Waals surface area contributed by atoms with Gasteiger partial charge in [-0.1, -0.05) is 12.1 Å². The highest BCUT2D eigenvalue weighted by molar-refractivity contribution is 7.17. The maximum atomic E-state index is 13.2. The molecule has 4 heterocycles. The number of piperidine rings is 1. The van der Waals surface area contributed by atoms with Crippen LogP contribution in [0, 0.1) is 6.92 Å². The van der Waals surface area contributed by atoms with Gasteiger partial charge in [-0.3, -0.25) is 9.78 Å². The highest BCUT2D eigenvalue weighted by Gasteiger charge is 2.44. The zero-order valence-corrected chi connectivity index (χ0v) is 17.7. The molecule has 0 atom stereocenters. The zero-order chi connectivity index (χ0) is 20.7. The van der Waals surface area contributed by atoms with Gasteiger partial charge < -0.3 is 15.4 Å². The van der Waals surface area contributed by atoms with Gasteiger partial charge in [0.1, 0.15) is 15.6 Å². The lowest BCUT2D eigenvalue weighted by Gasteiger charge is -2.38. The Morgan fingerprint density at radius 1 is 1.30 bits per heavy atom. The Labute approximate surface area is 179 Å². The van der Waals surface area contributed by atoms with Crippen molar-refractivity contribution in [2.45, 2.75) is 31.7 Å². The fourth-order valence-corrected chi connectivity index (χ4v) is 5.47. The van der Waals surface area contributed by atoms with E-state index in [2.05, 4.69) is 16.0 Å². The Kier molecular flexibility index (Phi) is 4.79. The van der Waals surface area contributed by atoms with Gasteiger partial charge >= 0.3 is 0 Å². The van der Waals surface area contributed by atoms with Crippen LogP contribution in [-0.4, -0.2) is 40.5 Å². The van der Waals surface area contributed by atoms with Crippen molar-refractivity contribution in [1.82, 2.24) is 14.9 Å². The van der Waals surface area contributed by atoms with E-state index in [0.29, 0.717) is 26.2 Å². The number of benzene rings is 1. The van der Waals surface area contributed by atoms with Crippen molar-refractivity contribution in [3.63, 3.8) is 0 Å². The molecule has 30 heavy (non-hydrogen) atoms. The monoisotopic (exact) mass is 420 g/mol. The third kappa shape index (κ3) is 3.18. The molecule has 0 aliphatic carbocycles. The molecular formula is C23H24N4O2S. The second-order valence-corrected chi connectivity index (χ2v) is 9.07. The summed E-state index contributed by atoms with van der Waals surface area (Å²) in [5, 5.41) is 0.838. The summed E-state index contributed by atoms with van der Waals surface area (Å²) in [6.45, 7) is 4.55. The van der Waals surface area contributed by atoms with Gasteiger partial charge in [0, 0.05) is 48.6 Å². The normalized spacial score (nSPS) is 17.1. The average molecular weight is 421 g/mol. The van der Waals surface area contributed by atoms with Crippen molar-refractivity contribution < 1.29 is 9.53 Å². The van der Waals surface area contributed by atoms with E-state index in [1.807, 2.05) is 36.1 Å². The van der Waals surface area contributed by atoms with Crippen molar-refractivity contribution in [2.75, 3.05) is 19.7 Å². The highest BCUT2D eigenvalue weighted by atomic mass is 32.1. The molecule has 0 unspecified atom stereocenters. The molecule has 3 aromatic rings. The number of aryl methyl sites for hydroxylation is 1. The molecule has 1 aromatic carbocycles. The molecule has 2 N–H and O–H groups in total. The molecule has 1 fully saturated rings. The molecule has 0 saturated carbocycles. The number of pyridine rings is 1. The van der Waals surface area contributed by atoms with Crippen LogP contribution in [0.15, 0.2) is 42.7 Å². The first-order valence-corrected chi connectivity index (χ1v) is 11.0. The number of carbonyl (C=O) groups excluding carboxylic acids is 1. The van der Waals surface area contributed by atoms with E-state index in [0.717, 1.165) is 45.3 Å². The van der Waals surface area contributed by atoms with Gasteiger partial charge in [0.2, 0.25) is 0 Å². The number of thiazole rings is 1. The lowest BCUT2D eigenvalue weighted by atomic mass is 9.74. The van der Waals surface area contributed by atoms with Crippen LogP contribution in [0.3, 0.4) is 0 Å². The molecule has 6 nitrogen and oxygen atoms in total. The van der Waals surface area contributed by atoms with Gasteiger partial charge in [-0.15, -0.1) is 11.3 Å². The van der Waals surface area contributed by atoms with E-state index in [9.17, 15) is 4.79 Å². The van der Waals surface area contributed by atoms with Crippen molar-refractivity contribution in [3.05, 3.63) is 64.4 Å². The molecule has 1 spiro atoms. The molecule has 0 bridgehead atoms. The van der Waals surface area contributed by atoms with Crippen LogP contribution in [0.1, 0.15) is 39.3 Å². The van der Waals surface area contributed by atoms with Crippen LogP contribution in [0.2, 0.25) is 0 Å². The Balaban J connectivity index is 1.34. The number of carbonyl (C=O) groups is 1. The maximum Gasteiger partial charge on any atom is 0.265 e. The minimum atomic E-state index is -0.0130. The van der Waals surface area contributed by atoms with Crippen LogP contribution < -0.4 is 10.5 Å². The second-order valence-electron chi connectivity index (χ2n) is 8.07. The van der Waals surface area contributed by atoms with Crippen molar-refractivity contribution in [2.24, 2.45) is 5.73 Å². The fraction of sp³-hybridized carbons (Fsp3) is 0.348. The molecule has 5 rings (SSSR count). The van der Waals surface area contributed by atoms with Gasteiger partial charge in [-0.2, -0.15) is 0 Å². The smallest absolute Gasteiger partial charge is 0.265 e. The molecule has 7 heteroatoms. The van der Waals surface area contributed by atoms with Crippen LogP contribution >= 0.6 is 11.3 Å². The van der Waals surface area contributed by atoms with E-state index in [4.69, 9.17) is 10.5 Å². The fourth-order valence-electron chi connectivity index (χ4n) is 4.44. The summed E-state index contributed by atoms with van der Waals surface area (Å²) in [6.07, 6.45) is 5.31. The maximum absolute atomic E-state index is 13.2. The number of amides is 1. The summed E-state index contributed by atoms with van der Waals surface area (Å²) in [4.78, 5) is 24.7. The van der Waals surface area contributed by atoms with Crippen molar-refractivity contribution in [3.8, 4) is 16.3 Å². The van der Waals surface area contributed by atoms with Gasteiger partial charge in [0.25, 0.3) is 5.91 Å². The second kappa shape index (κ2) is 7.49. The molecule has 1 saturated heterocycles. The van der Waals surface area contributed by atoms with Crippen LogP contribution in [0.5, 0.6) is 5.75 Å². The minimum Gasteiger partial charge on any atom is -0.492 e. The molecule has 2 aromatic heterocycles. The van der Waals surface area contributed by atoms with Crippen molar-refractivity contribution in [1.29, 1.82) is 0 Å². The van der Waals surface area contributed by atoms with Gasteiger partial charge in [0.15, 0.2) is 0 Å². The van der Waals surface area contributed by atoms with Crippen LogP contribution in [0.4, 0.5) is 0 Å². The third-order valence-corrected chi connectivity index (χ3v) is 7.46. The number of hydrogen-bond acceptors (Lipinski definition) is 6. The molecule has 1 amide bonds. The topological polar surface area (TPSA) is 81.3 Å². The first-order valence-electron chi connectivity index (χ1n) is 10.2. The van der Waals surface area contributed by atoms with Crippen molar-refractivity contribution >= 4 is 17.2 Å². The van der Waals surface area contributed by atoms with Gasteiger partial charge in [-0.25, -0.2) is 4.98 Å². The Morgan fingerprint density at radius 3 is 2.87 bits per heavy atom. The first-order chi connectivity index (χ1) is 14.6. The molecule has 2 aliphatic rings. The number of ether oxygens (including phenoxy) is 1. The van der Waals surface area contributed by atoms with E-state index in [1.54, 1.807) is 12.4 Å². The molecule has 0 radical (unpaired) electrons. The van der Waals surface area contributed by atoms with E-state index in [1.165, 1.54) is 16.9 Å². The Bertz CT molecular complexity index is 1090. The third-order valence-electron chi connectivity index (χ3n) is 6.26. The van der Waals surface area contributed by atoms with Gasteiger partial charge in [-0.05, 0) is 43.5 Å². The Hall–Kier alpha value is -2.77. The molecule has 154 valence electrons. The summed E-state index contributed by atoms with van der Waals surface area (Å²) >= 11 is 1.45. The summed E-state index contributed by atoms with van der Waals surface area (Å²) in [5.74, 6) is 1.04. The average Bonchev–Trinajstić information content (AvgIpc) is 3.35. The van der Waals surface area contributed by atoms with E-state index >= 15 is 0 Å². The lowest BCUT2D eigenvalue weighted by Crippen LogP contribution is -2.46. The van der Waals surface area contributed by atoms with E-state index in [-0.39, 0.29) is 11.3 Å². The Morgan fingerprint density at radius 2 is 2.13 bits per heavy atom. The predicted molar refractivity (Wildman–Crippen MR) is 117 cm³/mol. The first kappa shape index (κ1) is 19.2. The number of nitrogens with zero attached hydrogens (tertiary/aromatic N) is 3. The summed E-state index contributed by atoms with van der Waals surface area (Å²) in [7, 11) is 0. The van der Waals surface area contributed by atoms with Gasteiger partial charge in [0.05, 0.1) is 12.3 Å². The standard InChI is InChI=1S/C23H24N4O2S/c1-15-20(30-21(26-15)17-3-2-8-25-13-17)22(28)27-9-6-23(7-10-27)14-29-19-5-4-16(12-24)11-18(19)23/h2-5,8,11,13H,6-7,9-10,12,14,24H2,1H3. The number of rotatable bonds is 3. The number of hydrogen-bond donors (Lipinski definition) is 1. The lowest BCUT2D eigenvalue weighted by molar-refractivity contribution is 0.0650. The quantitative estimate of drug-likeness (QED) is 0.701. The largest absolute Gasteiger partial charge is 0.492 e. The summed E-state index contributed by atoms with van der Waals surface area (Å²) in [5.41, 5.74) is 9.94. The summed E-state index contributed by atoms with van der Waals surface area (Å²) in [6, 6.07) is 10.1. The molecule has 2 aliphatic heterocycles. The zero-order valence-electron chi connectivity index (χ0n) is 16.9. The number of aromatic nitrogens is 2. The number of likely N-dealkylation sites (tertiary alicyclic amines) is 1.